The summed E-state index contributed by atoms with van der Waals surface area (Å²) in [4.78, 5) is 7.06. The van der Waals surface area contributed by atoms with Gasteiger partial charge in [-0.25, -0.2) is 4.98 Å². The molecular weight excluding hydrogens is 224 g/mol. The largest absolute Gasteiger partial charge is 0.392 e. The van der Waals surface area contributed by atoms with E-state index >= 15 is 0 Å². The molecule has 1 saturated carbocycles. The lowest BCUT2D eigenvalue weighted by atomic mass is 10.1. The summed E-state index contributed by atoms with van der Waals surface area (Å²) < 4.78 is 0. The van der Waals surface area contributed by atoms with Crippen molar-refractivity contribution in [3.8, 4) is 0 Å². The Morgan fingerprint density at radius 1 is 1.33 bits per heavy atom. The van der Waals surface area contributed by atoms with Crippen LogP contribution in [0.5, 0.6) is 0 Å². The molecule has 0 aliphatic heterocycles. The van der Waals surface area contributed by atoms with Crippen molar-refractivity contribution in [2.24, 2.45) is 0 Å². The van der Waals surface area contributed by atoms with Crippen LogP contribution in [0.4, 0.5) is 5.82 Å². The second kappa shape index (κ2) is 4.58. The van der Waals surface area contributed by atoms with Crippen molar-refractivity contribution in [2.75, 3.05) is 11.4 Å². The molecular formula is C15H18N2O. The van der Waals surface area contributed by atoms with E-state index in [1.165, 1.54) is 12.8 Å². The monoisotopic (exact) mass is 242 g/mol. The Morgan fingerprint density at radius 3 is 2.78 bits per heavy atom. The average molecular weight is 242 g/mol. The standard InChI is InChI=1S/C15H18N2O/c1-2-17(13-7-8-13)15-12(10-18)9-11-5-3-4-6-14(11)16-15/h3-6,9,13,18H,2,7-8,10H2,1H3. The van der Waals surface area contributed by atoms with Crippen molar-refractivity contribution in [1.29, 1.82) is 0 Å². The molecule has 1 aromatic carbocycles. The Labute approximate surface area is 107 Å². The number of fused-ring (bicyclic) bond motifs is 1. The van der Waals surface area contributed by atoms with E-state index in [0.717, 1.165) is 28.8 Å². The van der Waals surface area contributed by atoms with Crippen LogP contribution < -0.4 is 4.90 Å². The van der Waals surface area contributed by atoms with Crippen LogP contribution >= 0.6 is 0 Å². The third-order valence-corrected chi connectivity index (χ3v) is 3.55. The maximum absolute atomic E-state index is 9.56. The minimum absolute atomic E-state index is 0.0520. The summed E-state index contributed by atoms with van der Waals surface area (Å²) in [5.74, 6) is 0.959. The van der Waals surface area contributed by atoms with Crippen molar-refractivity contribution in [1.82, 2.24) is 4.98 Å². The van der Waals surface area contributed by atoms with Gasteiger partial charge in [0, 0.05) is 23.5 Å². The van der Waals surface area contributed by atoms with E-state index in [1.807, 2.05) is 24.3 Å². The first-order chi connectivity index (χ1) is 8.83. The predicted molar refractivity (Wildman–Crippen MR) is 73.7 cm³/mol. The Morgan fingerprint density at radius 2 is 2.11 bits per heavy atom. The topological polar surface area (TPSA) is 36.4 Å². The van der Waals surface area contributed by atoms with Crippen LogP contribution in [0.25, 0.3) is 10.9 Å². The maximum Gasteiger partial charge on any atom is 0.135 e. The van der Waals surface area contributed by atoms with Crippen LogP contribution in [0.1, 0.15) is 25.3 Å². The van der Waals surface area contributed by atoms with Crippen LogP contribution in [0.3, 0.4) is 0 Å². The third kappa shape index (κ3) is 1.95. The SMILES string of the molecule is CCN(c1nc2ccccc2cc1CO)C1CC1. The highest BCUT2D eigenvalue weighted by molar-refractivity contribution is 5.81. The predicted octanol–water partition coefficient (Wildman–Crippen LogP) is 2.72. The van der Waals surface area contributed by atoms with Crippen molar-refractivity contribution in [3.63, 3.8) is 0 Å². The van der Waals surface area contributed by atoms with E-state index in [0.29, 0.717) is 6.04 Å². The fourth-order valence-electron chi connectivity index (χ4n) is 2.48. The fraction of sp³-hybridized carbons (Fsp3) is 0.400. The van der Waals surface area contributed by atoms with Gasteiger partial charge in [0.15, 0.2) is 0 Å². The molecule has 1 aromatic heterocycles. The Kier molecular flexibility index (Phi) is 2.92. The number of nitrogens with zero attached hydrogens (tertiary/aromatic N) is 2. The molecule has 0 bridgehead atoms. The van der Waals surface area contributed by atoms with Gasteiger partial charge in [-0.2, -0.15) is 0 Å². The quantitative estimate of drug-likeness (QED) is 0.895. The smallest absolute Gasteiger partial charge is 0.135 e. The lowest BCUT2D eigenvalue weighted by Gasteiger charge is -2.24. The molecule has 0 spiro atoms. The first kappa shape index (κ1) is 11.5. The van der Waals surface area contributed by atoms with Crippen LogP contribution in [-0.4, -0.2) is 22.7 Å². The van der Waals surface area contributed by atoms with E-state index in [4.69, 9.17) is 4.98 Å². The number of rotatable bonds is 4. The number of anilines is 1. The van der Waals surface area contributed by atoms with Gasteiger partial charge in [0.05, 0.1) is 12.1 Å². The third-order valence-electron chi connectivity index (χ3n) is 3.55. The van der Waals surface area contributed by atoms with Gasteiger partial charge in [-0.05, 0) is 31.9 Å². The minimum Gasteiger partial charge on any atom is -0.392 e. The Balaban J connectivity index is 2.13. The zero-order valence-corrected chi connectivity index (χ0v) is 10.6. The first-order valence-electron chi connectivity index (χ1n) is 6.59. The van der Waals surface area contributed by atoms with Crippen molar-refractivity contribution >= 4 is 16.7 Å². The highest BCUT2D eigenvalue weighted by Crippen LogP contribution is 2.33. The van der Waals surface area contributed by atoms with Crippen LogP contribution in [-0.2, 0) is 6.61 Å². The molecule has 3 rings (SSSR count). The number of aliphatic hydroxyl groups excluding tert-OH is 1. The molecule has 1 heterocycles. The van der Waals surface area contributed by atoms with Gasteiger partial charge < -0.3 is 10.0 Å². The van der Waals surface area contributed by atoms with Gasteiger partial charge in [0.1, 0.15) is 5.82 Å². The van der Waals surface area contributed by atoms with Crippen molar-refractivity contribution < 1.29 is 5.11 Å². The molecule has 0 atom stereocenters. The normalized spacial score (nSPS) is 15.0. The van der Waals surface area contributed by atoms with Crippen LogP contribution in [0.15, 0.2) is 30.3 Å². The van der Waals surface area contributed by atoms with E-state index in [-0.39, 0.29) is 6.61 Å². The van der Waals surface area contributed by atoms with Crippen LogP contribution in [0, 0.1) is 0 Å². The molecule has 0 radical (unpaired) electrons. The van der Waals surface area contributed by atoms with E-state index in [2.05, 4.69) is 17.9 Å². The van der Waals surface area contributed by atoms with Crippen LogP contribution in [0.2, 0.25) is 0 Å². The molecule has 1 aliphatic carbocycles. The van der Waals surface area contributed by atoms with Gasteiger partial charge in [-0.15, -0.1) is 0 Å². The fourth-order valence-corrected chi connectivity index (χ4v) is 2.48. The maximum atomic E-state index is 9.56. The van der Waals surface area contributed by atoms with Gasteiger partial charge >= 0.3 is 0 Å². The lowest BCUT2D eigenvalue weighted by Crippen LogP contribution is -2.27. The highest BCUT2D eigenvalue weighted by atomic mass is 16.3. The van der Waals surface area contributed by atoms with E-state index in [9.17, 15) is 5.11 Å². The summed E-state index contributed by atoms with van der Waals surface area (Å²) in [6.45, 7) is 3.15. The molecule has 0 amide bonds. The molecule has 2 aromatic rings. The highest BCUT2D eigenvalue weighted by Gasteiger charge is 2.30. The molecule has 0 saturated heterocycles. The second-order valence-corrected chi connectivity index (χ2v) is 4.84. The summed E-state index contributed by atoms with van der Waals surface area (Å²) >= 11 is 0. The zero-order chi connectivity index (χ0) is 12.5. The minimum atomic E-state index is 0.0520. The number of para-hydroxylation sites is 1. The number of hydrogen-bond donors (Lipinski definition) is 1. The molecule has 18 heavy (non-hydrogen) atoms. The molecule has 3 nitrogen and oxygen atoms in total. The number of aliphatic hydroxyl groups is 1. The lowest BCUT2D eigenvalue weighted by molar-refractivity contribution is 0.282. The van der Waals surface area contributed by atoms with Crippen molar-refractivity contribution in [3.05, 3.63) is 35.9 Å². The number of benzene rings is 1. The van der Waals surface area contributed by atoms with Gasteiger partial charge in [-0.3, -0.25) is 0 Å². The van der Waals surface area contributed by atoms with Crippen molar-refractivity contribution in [2.45, 2.75) is 32.4 Å². The van der Waals surface area contributed by atoms with Gasteiger partial charge in [0.25, 0.3) is 0 Å². The average Bonchev–Trinajstić information content (AvgIpc) is 3.23. The molecule has 94 valence electrons. The molecule has 0 unspecified atom stereocenters. The first-order valence-corrected chi connectivity index (χ1v) is 6.59. The Bertz CT molecular complexity index is 563. The molecule has 3 heteroatoms. The molecule has 1 fully saturated rings. The number of hydrogen-bond acceptors (Lipinski definition) is 3. The summed E-state index contributed by atoms with van der Waals surface area (Å²) in [6.07, 6.45) is 2.49. The summed E-state index contributed by atoms with van der Waals surface area (Å²) in [6, 6.07) is 10.8. The zero-order valence-electron chi connectivity index (χ0n) is 10.6. The second-order valence-electron chi connectivity index (χ2n) is 4.84. The summed E-state index contributed by atoms with van der Waals surface area (Å²) in [5.41, 5.74) is 1.94. The molecule has 1 N–H and O–H groups in total. The van der Waals surface area contributed by atoms with E-state index in [1.54, 1.807) is 0 Å². The summed E-state index contributed by atoms with van der Waals surface area (Å²) in [5, 5.41) is 10.7. The number of pyridine rings is 1. The Hall–Kier alpha value is -1.61. The summed E-state index contributed by atoms with van der Waals surface area (Å²) in [7, 11) is 0. The van der Waals surface area contributed by atoms with Gasteiger partial charge in [0.2, 0.25) is 0 Å². The molecule has 1 aliphatic rings. The number of aromatic nitrogens is 1. The van der Waals surface area contributed by atoms with E-state index < -0.39 is 0 Å². The van der Waals surface area contributed by atoms with Gasteiger partial charge in [-0.1, -0.05) is 18.2 Å².